The number of hydrogen-bond acceptors (Lipinski definition) is 3. The number of benzene rings is 1. The zero-order valence-corrected chi connectivity index (χ0v) is 10.8. The minimum Gasteiger partial charge on any atom is -0.398 e. The van der Waals surface area contributed by atoms with Crippen LogP contribution in [0.5, 0.6) is 0 Å². The third-order valence-electron chi connectivity index (χ3n) is 2.47. The van der Waals surface area contributed by atoms with Gasteiger partial charge in [0.15, 0.2) is 0 Å². The number of aryl methyl sites for hydroxylation is 1. The summed E-state index contributed by atoms with van der Waals surface area (Å²) in [5, 5.41) is 0. The second kappa shape index (κ2) is 5.21. The third-order valence-corrected chi connectivity index (χ3v) is 4.22. The maximum absolute atomic E-state index is 12.1. The van der Waals surface area contributed by atoms with Crippen molar-refractivity contribution >= 4 is 15.7 Å². The van der Waals surface area contributed by atoms with Crippen molar-refractivity contribution in [2.75, 3.05) is 12.3 Å². The van der Waals surface area contributed by atoms with E-state index in [1.165, 1.54) is 0 Å². The summed E-state index contributed by atoms with van der Waals surface area (Å²) >= 11 is 0. The SMILES string of the molecule is C#CCCNS(=O)(=O)c1c(C)ccc(N)c1C. The second-order valence-electron chi connectivity index (χ2n) is 3.78. The molecule has 92 valence electrons. The van der Waals surface area contributed by atoms with Gasteiger partial charge in [-0.25, -0.2) is 13.1 Å². The summed E-state index contributed by atoms with van der Waals surface area (Å²) in [6.45, 7) is 3.66. The van der Waals surface area contributed by atoms with E-state index in [0.29, 0.717) is 23.2 Å². The Labute approximate surface area is 102 Å². The number of anilines is 1. The summed E-state index contributed by atoms with van der Waals surface area (Å²) in [5.41, 5.74) is 7.42. The van der Waals surface area contributed by atoms with Crippen molar-refractivity contribution in [1.29, 1.82) is 0 Å². The van der Waals surface area contributed by atoms with Gasteiger partial charge in [0.25, 0.3) is 0 Å². The molecule has 0 bridgehead atoms. The Bertz CT molecular complexity index is 557. The minimum atomic E-state index is -3.54. The highest BCUT2D eigenvalue weighted by Gasteiger charge is 2.19. The third kappa shape index (κ3) is 2.99. The van der Waals surface area contributed by atoms with Gasteiger partial charge in [-0.2, -0.15) is 0 Å². The molecule has 0 aliphatic heterocycles. The highest BCUT2D eigenvalue weighted by atomic mass is 32.2. The molecular formula is C12H16N2O2S. The summed E-state index contributed by atoms with van der Waals surface area (Å²) in [5.74, 6) is 2.38. The molecule has 17 heavy (non-hydrogen) atoms. The largest absolute Gasteiger partial charge is 0.398 e. The van der Waals surface area contributed by atoms with Gasteiger partial charge in [0.2, 0.25) is 10.0 Å². The number of sulfonamides is 1. The molecule has 1 aromatic rings. The van der Waals surface area contributed by atoms with Gasteiger partial charge in [-0.05, 0) is 31.0 Å². The number of nitrogen functional groups attached to an aromatic ring is 1. The van der Waals surface area contributed by atoms with E-state index in [4.69, 9.17) is 12.2 Å². The van der Waals surface area contributed by atoms with Crippen molar-refractivity contribution in [2.24, 2.45) is 0 Å². The number of rotatable bonds is 4. The molecular weight excluding hydrogens is 236 g/mol. The molecule has 3 N–H and O–H groups in total. The molecule has 0 amide bonds. The lowest BCUT2D eigenvalue weighted by atomic mass is 10.1. The summed E-state index contributed by atoms with van der Waals surface area (Å²) in [6.07, 6.45) is 5.44. The Morgan fingerprint density at radius 3 is 2.65 bits per heavy atom. The Kier molecular flexibility index (Phi) is 4.16. The fourth-order valence-corrected chi connectivity index (χ4v) is 3.11. The van der Waals surface area contributed by atoms with Crippen LogP contribution < -0.4 is 10.5 Å². The van der Waals surface area contributed by atoms with Gasteiger partial charge in [-0.15, -0.1) is 12.3 Å². The Hall–Kier alpha value is -1.51. The molecule has 0 unspecified atom stereocenters. The molecule has 0 saturated carbocycles. The van der Waals surface area contributed by atoms with Crippen molar-refractivity contribution in [3.8, 4) is 12.3 Å². The van der Waals surface area contributed by atoms with Gasteiger partial charge in [0, 0.05) is 18.7 Å². The Balaban J connectivity index is 3.16. The Morgan fingerprint density at radius 2 is 2.06 bits per heavy atom. The van der Waals surface area contributed by atoms with E-state index >= 15 is 0 Å². The maximum atomic E-state index is 12.1. The normalized spacial score (nSPS) is 11.1. The van der Waals surface area contributed by atoms with Crippen LogP contribution in [-0.2, 0) is 10.0 Å². The number of hydrogen-bond donors (Lipinski definition) is 2. The quantitative estimate of drug-likeness (QED) is 0.480. The molecule has 0 fully saturated rings. The van der Waals surface area contributed by atoms with Crippen LogP contribution in [0.25, 0.3) is 0 Å². The van der Waals surface area contributed by atoms with Crippen LogP contribution in [0.2, 0.25) is 0 Å². The molecule has 0 saturated heterocycles. The molecule has 0 radical (unpaired) electrons. The first-order chi connectivity index (χ1) is 7.90. The summed E-state index contributed by atoms with van der Waals surface area (Å²) in [7, 11) is -3.54. The summed E-state index contributed by atoms with van der Waals surface area (Å²) in [6, 6.07) is 3.39. The van der Waals surface area contributed by atoms with Crippen LogP contribution in [0, 0.1) is 26.2 Å². The number of terminal acetylenes is 1. The molecule has 4 nitrogen and oxygen atoms in total. The van der Waals surface area contributed by atoms with Gasteiger partial charge in [0.05, 0.1) is 4.90 Å². The molecule has 5 heteroatoms. The molecule has 0 spiro atoms. The van der Waals surface area contributed by atoms with E-state index in [1.807, 2.05) is 0 Å². The number of nitrogens with two attached hydrogens (primary N) is 1. The minimum absolute atomic E-state index is 0.229. The van der Waals surface area contributed by atoms with Gasteiger partial charge in [-0.1, -0.05) is 6.07 Å². The Morgan fingerprint density at radius 1 is 1.41 bits per heavy atom. The molecule has 1 rings (SSSR count). The van der Waals surface area contributed by atoms with E-state index in [2.05, 4.69) is 10.6 Å². The second-order valence-corrected chi connectivity index (χ2v) is 5.48. The van der Waals surface area contributed by atoms with Crippen molar-refractivity contribution in [2.45, 2.75) is 25.2 Å². The zero-order chi connectivity index (χ0) is 13.1. The highest BCUT2D eigenvalue weighted by Crippen LogP contribution is 2.24. The average Bonchev–Trinajstić information content (AvgIpc) is 2.24. The first kappa shape index (κ1) is 13.6. The lowest BCUT2D eigenvalue weighted by molar-refractivity contribution is 0.581. The molecule has 1 aromatic carbocycles. The fourth-order valence-electron chi connectivity index (χ4n) is 1.59. The van der Waals surface area contributed by atoms with Gasteiger partial charge >= 0.3 is 0 Å². The lowest BCUT2D eigenvalue weighted by Gasteiger charge is -2.13. The predicted octanol–water partition coefficient (Wildman–Crippen LogP) is 1.19. The van der Waals surface area contributed by atoms with Gasteiger partial charge in [0.1, 0.15) is 0 Å². The molecule has 0 heterocycles. The van der Waals surface area contributed by atoms with E-state index in [0.717, 1.165) is 0 Å². The van der Waals surface area contributed by atoms with E-state index in [-0.39, 0.29) is 11.4 Å². The number of nitrogens with one attached hydrogen (secondary N) is 1. The monoisotopic (exact) mass is 252 g/mol. The van der Waals surface area contributed by atoms with Crippen molar-refractivity contribution in [3.63, 3.8) is 0 Å². The first-order valence-electron chi connectivity index (χ1n) is 5.19. The van der Waals surface area contributed by atoms with Crippen LogP contribution in [0.3, 0.4) is 0 Å². The predicted molar refractivity (Wildman–Crippen MR) is 69.0 cm³/mol. The van der Waals surface area contributed by atoms with E-state index in [1.54, 1.807) is 26.0 Å². The van der Waals surface area contributed by atoms with Crippen molar-refractivity contribution in [1.82, 2.24) is 4.72 Å². The van der Waals surface area contributed by atoms with Gasteiger partial charge < -0.3 is 5.73 Å². The maximum Gasteiger partial charge on any atom is 0.241 e. The van der Waals surface area contributed by atoms with Crippen molar-refractivity contribution in [3.05, 3.63) is 23.3 Å². The molecule has 0 aromatic heterocycles. The highest BCUT2D eigenvalue weighted by molar-refractivity contribution is 7.89. The van der Waals surface area contributed by atoms with Crippen molar-refractivity contribution < 1.29 is 8.42 Å². The van der Waals surface area contributed by atoms with Gasteiger partial charge in [-0.3, -0.25) is 0 Å². The van der Waals surface area contributed by atoms with Crippen LogP contribution in [0.15, 0.2) is 17.0 Å². The van der Waals surface area contributed by atoms with E-state index in [9.17, 15) is 8.42 Å². The molecule has 0 aliphatic rings. The van der Waals surface area contributed by atoms with Crippen LogP contribution in [-0.4, -0.2) is 15.0 Å². The zero-order valence-electron chi connectivity index (χ0n) is 9.95. The first-order valence-corrected chi connectivity index (χ1v) is 6.67. The standard InChI is InChI=1S/C12H16N2O2S/c1-4-5-8-14-17(15,16)12-9(2)6-7-11(13)10(12)3/h1,6-7,14H,5,8,13H2,2-3H3. The molecule has 0 aliphatic carbocycles. The van der Waals surface area contributed by atoms with Crippen LogP contribution in [0.1, 0.15) is 17.5 Å². The topological polar surface area (TPSA) is 72.2 Å². The van der Waals surface area contributed by atoms with Crippen LogP contribution in [0.4, 0.5) is 5.69 Å². The smallest absolute Gasteiger partial charge is 0.241 e. The molecule has 0 atom stereocenters. The van der Waals surface area contributed by atoms with E-state index < -0.39 is 10.0 Å². The summed E-state index contributed by atoms with van der Waals surface area (Å²) < 4.78 is 26.6. The van der Waals surface area contributed by atoms with Crippen LogP contribution >= 0.6 is 0 Å². The summed E-state index contributed by atoms with van der Waals surface area (Å²) in [4.78, 5) is 0.245. The lowest BCUT2D eigenvalue weighted by Crippen LogP contribution is -2.26. The fraction of sp³-hybridized carbons (Fsp3) is 0.333. The average molecular weight is 252 g/mol.